The Balaban J connectivity index is 1.69. The van der Waals surface area contributed by atoms with Gasteiger partial charge in [-0.05, 0) is 5.92 Å². The van der Waals surface area contributed by atoms with Gasteiger partial charge in [0.05, 0.1) is 18.6 Å². The van der Waals surface area contributed by atoms with Crippen molar-refractivity contribution in [3.8, 4) is 0 Å². The number of likely N-dealkylation sites (tertiary alicyclic amines) is 1. The average molecular weight is 256 g/mol. The highest BCUT2D eigenvalue weighted by Crippen LogP contribution is 2.18. The van der Waals surface area contributed by atoms with Gasteiger partial charge in [0, 0.05) is 39.3 Å². The molecule has 2 aliphatic rings. The van der Waals surface area contributed by atoms with Crippen LogP contribution in [0.1, 0.15) is 13.8 Å². The topological polar surface area (TPSA) is 53.0 Å². The second-order valence-corrected chi connectivity index (χ2v) is 5.90. The second-order valence-electron chi connectivity index (χ2n) is 5.90. The molecular formula is C13H24N2O3. The first-order chi connectivity index (χ1) is 8.54. The lowest BCUT2D eigenvalue weighted by Crippen LogP contribution is -2.56. The van der Waals surface area contributed by atoms with Crippen LogP contribution >= 0.6 is 0 Å². The minimum atomic E-state index is -0.669. The van der Waals surface area contributed by atoms with E-state index in [9.17, 15) is 4.79 Å². The zero-order valence-corrected chi connectivity index (χ0v) is 11.3. The normalized spacial score (nSPS) is 27.4. The van der Waals surface area contributed by atoms with Crippen LogP contribution in [0, 0.1) is 11.8 Å². The number of carboxylic acids is 1. The fourth-order valence-electron chi connectivity index (χ4n) is 2.74. The van der Waals surface area contributed by atoms with Gasteiger partial charge >= 0.3 is 5.97 Å². The maximum Gasteiger partial charge on any atom is 0.309 e. The zero-order chi connectivity index (χ0) is 13.1. The molecule has 0 aromatic heterocycles. The Morgan fingerprint density at radius 3 is 2.67 bits per heavy atom. The predicted octanol–water partition coefficient (Wildman–Crippen LogP) is 0.360. The molecule has 2 saturated heterocycles. The summed E-state index contributed by atoms with van der Waals surface area (Å²) < 4.78 is 5.76. The van der Waals surface area contributed by atoms with E-state index in [0.717, 1.165) is 32.8 Å². The molecule has 0 radical (unpaired) electrons. The van der Waals surface area contributed by atoms with Crippen molar-refractivity contribution in [3.63, 3.8) is 0 Å². The fraction of sp³-hybridized carbons (Fsp3) is 0.923. The first-order valence-electron chi connectivity index (χ1n) is 6.83. The molecule has 1 unspecified atom stereocenters. The molecule has 0 spiro atoms. The lowest BCUT2D eigenvalue weighted by Gasteiger charge is -2.41. The van der Waals surface area contributed by atoms with Crippen LogP contribution in [0.25, 0.3) is 0 Å². The minimum absolute atomic E-state index is 0.166. The molecule has 0 bridgehead atoms. The quantitative estimate of drug-likeness (QED) is 0.770. The molecule has 1 N–H and O–H groups in total. The van der Waals surface area contributed by atoms with Crippen molar-refractivity contribution < 1.29 is 14.6 Å². The lowest BCUT2D eigenvalue weighted by atomic mass is 10.00. The fourth-order valence-corrected chi connectivity index (χ4v) is 2.74. The summed E-state index contributed by atoms with van der Waals surface area (Å²) in [5.41, 5.74) is 0. The maximum absolute atomic E-state index is 10.7. The summed E-state index contributed by atoms with van der Waals surface area (Å²) in [6.07, 6.45) is 0.243. The Bertz CT molecular complexity index is 290. The highest BCUT2D eigenvalue weighted by atomic mass is 16.5. The number of ether oxygens (including phenoxy) is 1. The summed E-state index contributed by atoms with van der Waals surface area (Å²) >= 11 is 0. The minimum Gasteiger partial charge on any atom is -0.481 e. The molecule has 0 aromatic rings. The van der Waals surface area contributed by atoms with E-state index in [4.69, 9.17) is 9.84 Å². The number of rotatable bonds is 5. The van der Waals surface area contributed by atoms with Gasteiger partial charge in [0.15, 0.2) is 0 Å². The van der Waals surface area contributed by atoms with E-state index in [-0.39, 0.29) is 12.0 Å². The van der Waals surface area contributed by atoms with Crippen LogP contribution in [0.4, 0.5) is 0 Å². The molecule has 1 atom stereocenters. The highest BCUT2D eigenvalue weighted by Gasteiger charge is 2.34. The number of aliphatic carboxylic acids is 1. The van der Waals surface area contributed by atoms with Crippen LogP contribution in [0.3, 0.4) is 0 Å². The van der Waals surface area contributed by atoms with E-state index < -0.39 is 5.97 Å². The summed E-state index contributed by atoms with van der Waals surface area (Å²) in [7, 11) is 0. The van der Waals surface area contributed by atoms with Gasteiger partial charge in [0.25, 0.3) is 0 Å². The maximum atomic E-state index is 10.7. The first-order valence-corrected chi connectivity index (χ1v) is 6.83. The first kappa shape index (κ1) is 13.8. The van der Waals surface area contributed by atoms with Crippen LogP contribution in [0.2, 0.25) is 0 Å². The number of carboxylic acid groups (broad SMARTS) is 1. The number of carbonyl (C=O) groups is 1. The van der Waals surface area contributed by atoms with Crippen molar-refractivity contribution >= 4 is 5.97 Å². The Morgan fingerprint density at radius 1 is 1.33 bits per heavy atom. The molecule has 0 saturated carbocycles. The predicted molar refractivity (Wildman–Crippen MR) is 68.6 cm³/mol. The van der Waals surface area contributed by atoms with Gasteiger partial charge < -0.3 is 9.84 Å². The molecule has 18 heavy (non-hydrogen) atoms. The van der Waals surface area contributed by atoms with Crippen molar-refractivity contribution in [3.05, 3.63) is 0 Å². The molecule has 2 fully saturated rings. The van der Waals surface area contributed by atoms with Crippen molar-refractivity contribution in [2.75, 3.05) is 45.9 Å². The van der Waals surface area contributed by atoms with Crippen LogP contribution in [-0.2, 0) is 9.53 Å². The third kappa shape index (κ3) is 3.67. The van der Waals surface area contributed by atoms with E-state index in [1.807, 2.05) is 0 Å². The molecule has 0 aromatic carbocycles. The summed E-state index contributed by atoms with van der Waals surface area (Å²) in [5.74, 6) is -0.151. The number of hydrogen-bond donors (Lipinski definition) is 1. The smallest absolute Gasteiger partial charge is 0.309 e. The zero-order valence-electron chi connectivity index (χ0n) is 11.3. The van der Waals surface area contributed by atoms with Gasteiger partial charge in [-0.1, -0.05) is 13.8 Å². The highest BCUT2D eigenvalue weighted by molar-refractivity contribution is 5.71. The van der Waals surface area contributed by atoms with E-state index in [2.05, 4.69) is 23.6 Å². The van der Waals surface area contributed by atoms with Crippen molar-refractivity contribution in [1.82, 2.24) is 9.80 Å². The molecule has 0 aliphatic carbocycles. The van der Waals surface area contributed by atoms with E-state index in [0.29, 0.717) is 19.0 Å². The van der Waals surface area contributed by atoms with Crippen LogP contribution in [0.5, 0.6) is 0 Å². The molecular weight excluding hydrogens is 232 g/mol. The summed E-state index contributed by atoms with van der Waals surface area (Å²) in [4.78, 5) is 15.4. The third-order valence-corrected chi connectivity index (χ3v) is 3.61. The van der Waals surface area contributed by atoms with Crippen LogP contribution < -0.4 is 0 Å². The largest absolute Gasteiger partial charge is 0.481 e. The molecule has 5 heteroatoms. The summed E-state index contributed by atoms with van der Waals surface area (Å²) in [5, 5.41) is 8.83. The second kappa shape index (κ2) is 5.99. The van der Waals surface area contributed by atoms with Gasteiger partial charge in [-0.15, -0.1) is 0 Å². The monoisotopic (exact) mass is 256 g/mol. The molecule has 5 nitrogen and oxygen atoms in total. The molecule has 2 rings (SSSR count). The van der Waals surface area contributed by atoms with Gasteiger partial charge in [-0.25, -0.2) is 0 Å². The SMILES string of the molecule is CC(C)CN1CCOC(CN2CC(C(=O)O)C2)C1. The molecule has 2 heterocycles. The van der Waals surface area contributed by atoms with Crippen LogP contribution in [0.15, 0.2) is 0 Å². The van der Waals surface area contributed by atoms with Crippen molar-refractivity contribution in [2.45, 2.75) is 20.0 Å². The number of morpholine rings is 1. The van der Waals surface area contributed by atoms with Crippen LogP contribution in [-0.4, -0.2) is 72.9 Å². The molecule has 104 valence electrons. The van der Waals surface area contributed by atoms with Gasteiger partial charge in [-0.3, -0.25) is 14.6 Å². The van der Waals surface area contributed by atoms with E-state index >= 15 is 0 Å². The summed E-state index contributed by atoms with van der Waals surface area (Å²) in [6.45, 7) is 10.6. The Labute approximate surface area is 109 Å². The average Bonchev–Trinajstić information content (AvgIpc) is 2.21. The summed E-state index contributed by atoms with van der Waals surface area (Å²) in [6, 6.07) is 0. The van der Waals surface area contributed by atoms with E-state index in [1.165, 1.54) is 0 Å². The number of hydrogen-bond acceptors (Lipinski definition) is 4. The Hall–Kier alpha value is -0.650. The van der Waals surface area contributed by atoms with Crippen molar-refractivity contribution in [2.24, 2.45) is 11.8 Å². The third-order valence-electron chi connectivity index (χ3n) is 3.61. The van der Waals surface area contributed by atoms with Gasteiger partial charge in [-0.2, -0.15) is 0 Å². The van der Waals surface area contributed by atoms with Crippen molar-refractivity contribution in [1.29, 1.82) is 0 Å². The Morgan fingerprint density at radius 2 is 2.06 bits per heavy atom. The van der Waals surface area contributed by atoms with Gasteiger partial charge in [0.1, 0.15) is 0 Å². The van der Waals surface area contributed by atoms with E-state index in [1.54, 1.807) is 0 Å². The Kier molecular flexibility index (Phi) is 4.59. The van der Waals surface area contributed by atoms with Gasteiger partial charge in [0.2, 0.25) is 0 Å². The molecule has 2 aliphatic heterocycles. The number of nitrogens with zero attached hydrogens (tertiary/aromatic N) is 2. The lowest BCUT2D eigenvalue weighted by molar-refractivity contribution is -0.149. The standard InChI is InChI=1S/C13H24N2O3/c1-10(2)5-14-3-4-18-12(8-14)9-15-6-11(7-15)13(16)17/h10-12H,3-9H2,1-2H3,(H,16,17). The molecule has 0 amide bonds.